The Morgan fingerprint density at radius 3 is 2.57 bits per heavy atom. The second kappa shape index (κ2) is 8.34. The second-order valence-electron chi connectivity index (χ2n) is 5.90. The average Bonchev–Trinajstić information content (AvgIpc) is 2.72. The standard InChI is InChI=1S/C20H18FN3O4/c1-27-16-5-3-4-13(10-16)20(17-11-14(21)6-8-18(17)28-2)23-19-9-7-15(12-22-19)24(25)26/h3-12,20H,1-2H3,(H,22,23). The Morgan fingerprint density at radius 2 is 1.93 bits per heavy atom. The zero-order valence-corrected chi connectivity index (χ0v) is 15.3. The highest BCUT2D eigenvalue weighted by Gasteiger charge is 2.21. The van der Waals surface area contributed by atoms with E-state index in [2.05, 4.69) is 10.3 Å². The molecule has 3 rings (SSSR count). The van der Waals surface area contributed by atoms with Crippen LogP contribution in [0.2, 0.25) is 0 Å². The van der Waals surface area contributed by atoms with Gasteiger partial charge in [0.15, 0.2) is 0 Å². The molecule has 144 valence electrons. The van der Waals surface area contributed by atoms with Gasteiger partial charge in [-0.15, -0.1) is 0 Å². The van der Waals surface area contributed by atoms with Gasteiger partial charge < -0.3 is 14.8 Å². The van der Waals surface area contributed by atoms with Crippen molar-refractivity contribution in [2.45, 2.75) is 6.04 Å². The molecule has 1 N–H and O–H groups in total. The fourth-order valence-electron chi connectivity index (χ4n) is 2.82. The van der Waals surface area contributed by atoms with Crippen LogP contribution in [0, 0.1) is 15.9 Å². The number of rotatable bonds is 7. The average molecular weight is 383 g/mol. The summed E-state index contributed by atoms with van der Waals surface area (Å²) in [6.45, 7) is 0. The Morgan fingerprint density at radius 1 is 1.11 bits per heavy atom. The molecule has 0 saturated carbocycles. The Labute approximate surface area is 160 Å². The number of nitrogens with zero attached hydrogens (tertiary/aromatic N) is 2. The Bertz CT molecular complexity index is 979. The fourth-order valence-corrected chi connectivity index (χ4v) is 2.82. The van der Waals surface area contributed by atoms with E-state index < -0.39 is 16.8 Å². The highest BCUT2D eigenvalue weighted by Crippen LogP contribution is 2.34. The minimum atomic E-state index is -0.533. The number of nitro groups is 1. The van der Waals surface area contributed by atoms with Crippen LogP contribution in [-0.4, -0.2) is 24.1 Å². The van der Waals surface area contributed by atoms with Gasteiger partial charge in [0.05, 0.1) is 25.2 Å². The van der Waals surface area contributed by atoms with Gasteiger partial charge in [0.2, 0.25) is 0 Å². The molecular formula is C20H18FN3O4. The van der Waals surface area contributed by atoms with E-state index in [9.17, 15) is 14.5 Å². The molecule has 8 heteroatoms. The maximum atomic E-state index is 14.0. The van der Waals surface area contributed by atoms with E-state index >= 15 is 0 Å². The lowest BCUT2D eigenvalue weighted by Crippen LogP contribution is -2.15. The van der Waals surface area contributed by atoms with Crippen molar-refractivity contribution in [2.24, 2.45) is 0 Å². The summed E-state index contributed by atoms with van der Waals surface area (Å²) in [7, 11) is 3.06. The van der Waals surface area contributed by atoms with E-state index in [1.54, 1.807) is 19.2 Å². The van der Waals surface area contributed by atoms with Gasteiger partial charge >= 0.3 is 0 Å². The molecule has 28 heavy (non-hydrogen) atoms. The van der Waals surface area contributed by atoms with Gasteiger partial charge in [0.1, 0.15) is 29.3 Å². The molecule has 0 radical (unpaired) electrons. The van der Waals surface area contributed by atoms with Gasteiger partial charge in [-0.05, 0) is 42.0 Å². The summed E-state index contributed by atoms with van der Waals surface area (Å²) in [5, 5.41) is 14.0. The molecule has 1 atom stereocenters. The molecule has 0 saturated heterocycles. The molecule has 0 aliphatic rings. The normalized spacial score (nSPS) is 11.5. The van der Waals surface area contributed by atoms with Crippen LogP contribution in [0.4, 0.5) is 15.9 Å². The highest BCUT2D eigenvalue weighted by atomic mass is 19.1. The number of pyridine rings is 1. The van der Waals surface area contributed by atoms with Crippen LogP contribution in [0.15, 0.2) is 60.8 Å². The summed E-state index contributed by atoms with van der Waals surface area (Å²) >= 11 is 0. The summed E-state index contributed by atoms with van der Waals surface area (Å²) in [6.07, 6.45) is 1.16. The molecule has 0 amide bonds. The van der Waals surface area contributed by atoms with Gasteiger partial charge in [0, 0.05) is 11.6 Å². The van der Waals surface area contributed by atoms with Crippen LogP contribution in [0.1, 0.15) is 17.2 Å². The molecule has 1 aromatic heterocycles. The van der Waals surface area contributed by atoms with E-state index in [1.165, 1.54) is 31.4 Å². The van der Waals surface area contributed by atoms with Gasteiger partial charge in [-0.25, -0.2) is 9.37 Å². The third kappa shape index (κ3) is 4.17. The molecular weight excluding hydrogens is 365 g/mol. The maximum absolute atomic E-state index is 14.0. The first-order chi connectivity index (χ1) is 13.5. The number of anilines is 1. The van der Waals surface area contributed by atoms with E-state index in [1.807, 2.05) is 18.2 Å². The highest BCUT2D eigenvalue weighted by molar-refractivity contribution is 5.51. The van der Waals surface area contributed by atoms with E-state index in [0.29, 0.717) is 22.9 Å². The number of methoxy groups -OCH3 is 2. The molecule has 0 fully saturated rings. The van der Waals surface area contributed by atoms with Crippen molar-refractivity contribution in [1.82, 2.24) is 4.98 Å². The molecule has 2 aromatic carbocycles. The third-order valence-corrected chi connectivity index (χ3v) is 4.18. The van der Waals surface area contributed by atoms with E-state index in [4.69, 9.17) is 9.47 Å². The van der Waals surface area contributed by atoms with Crippen molar-refractivity contribution in [3.05, 3.63) is 87.9 Å². The van der Waals surface area contributed by atoms with Gasteiger partial charge in [0.25, 0.3) is 5.69 Å². The summed E-state index contributed by atoms with van der Waals surface area (Å²) in [5.74, 6) is 1.10. The number of aromatic nitrogens is 1. The van der Waals surface area contributed by atoms with Crippen molar-refractivity contribution < 1.29 is 18.8 Å². The molecule has 0 bridgehead atoms. The predicted octanol–water partition coefficient (Wildman–Crippen LogP) is 4.35. The van der Waals surface area contributed by atoms with Crippen LogP contribution in [0.3, 0.4) is 0 Å². The molecule has 7 nitrogen and oxygen atoms in total. The van der Waals surface area contributed by atoms with Crippen molar-refractivity contribution >= 4 is 11.5 Å². The number of benzene rings is 2. The second-order valence-corrected chi connectivity index (χ2v) is 5.90. The monoisotopic (exact) mass is 383 g/mol. The lowest BCUT2D eigenvalue weighted by atomic mass is 9.97. The van der Waals surface area contributed by atoms with Crippen molar-refractivity contribution in [3.63, 3.8) is 0 Å². The first-order valence-corrected chi connectivity index (χ1v) is 8.36. The summed E-state index contributed by atoms with van der Waals surface area (Å²) in [4.78, 5) is 14.4. The van der Waals surface area contributed by atoms with Crippen LogP contribution < -0.4 is 14.8 Å². The van der Waals surface area contributed by atoms with Crippen LogP contribution in [0.5, 0.6) is 11.5 Å². The lowest BCUT2D eigenvalue weighted by molar-refractivity contribution is -0.385. The first-order valence-electron chi connectivity index (χ1n) is 8.36. The molecule has 3 aromatic rings. The number of hydrogen-bond donors (Lipinski definition) is 1. The maximum Gasteiger partial charge on any atom is 0.287 e. The number of halogens is 1. The molecule has 0 aliphatic carbocycles. The van der Waals surface area contributed by atoms with Crippen molar-refractivity contribution in [2.75, 3.05) is 19.5 Å². The smallest absolute Gasteiger partial charge is 0.287 e. The van der Waals surface area contributed by atoms with Gasteiger partial charge in [-0.3, -0.25) is 10.1 Å². The number of ether oxygens (including phenoxy) is 2. The van der Waals surface area contributed by atoms with Crippen molar-refractivity contribution in [3.8, 4) is 11.5 Å². The quantitative estimate of drug-likeness (QED) is 0.482. The molecule has 0 aliphatic heterocycles. The van der Waals surface area contributed by atoms with E-state index in [-0.39, 0.29) is 5.69 Å². The topological polar surface area (TPSA) is 86.5 Å². The summed E-state index contributed by atoms with van der Waals surface area (Å²) in [6, 6.07) is 13.8. The Hall–Kier alpha value is -3.68. The Balaban J connectivity index is 2.06. The van der Waals surface area contributed by atoms with Crippen LogP contribution >= 0.6 is 0 Å². The van der Waals surface area contributed by atoms with E-state index in [0.717, 1.165) is 11.8 Å². The van der Waals surface area contributed by atoms with Gasteiger partial charge in [-0.2, -0.15) is 0 Å². The third-order valence-electron chi connectivity index (χ3n) is 4.18. The predicted molar refractivity (Wildman–Crippen MR) is 102 cm³/mol. The zero-order chi connectivity index (χ0) is 20.1. The number of nitrogens with one attached hydrogen (secondary N) is 1. The first kappa shape index (κ1) is 19.1. The lowest BCUT2D eigenvalue weighted by Gasteiger charge is -2.23. The molecule has 0 spiro atoms. The van der Waals surface area contributed by atoms with Gasteiger partial charge in [-0.1, -0.05) is 12.1 Å². The SMILES string of the molecule is COc1cccc(C(Nc2ccc([N+](=O)[O-])cn2)c2cc(F)ccc2OC)c1. The molecule has 1 heterocycles. The van der Waals surface area contributed by atoms with Crippen LogP contribution in [-0.2, 0) is 0 Å². The summed E-state index contributed by atoms with van der Waals surface area (Å²) < 4.78 is 24.7. The zero-order valence-electron chi connectivity index (χ0n) is 15.3. The minimum absolute atomic E-state index is 0.119. The fraction of sp³-hybridized carbons (Fsp3) is 0.150. The molecule has 1 unspecified atom stereocenters. The Kier molecular flexibility index (Phi) is 5.69. The minimum Gasteiger partial charge on any atom is -0.497 e. The van der Waals surface area contributed by atoms with Crippen molar-refractivity contribution in [1.29, 1.82) is 0 Å². The number of hydrogen-bond acceptors (Lipinski definition) is 6. The largest absolute Gasteiger partial charge is 0.497 e. The summed E-state index contributed by atoms with van der Waals surface area (Å²) in [5.41, 5.74) is 1.21. The van der Waals surface area contributed by atoms with Crippen LogP contribution in [0.25, 0.3) is 0 Å².